The smallest absolute Gasteiger partial charge is 0.285 e. The minimum absolute atomic E-state index is 0.365. The van der Waals surface area contributed by atoms with E-state index in [1.54, 1.807) is 0 Å². The first-order chi connectivity index (χ1) is 7.73. The SMILES string of the molecule is C=C(OC(=C)OC(C)=S(=O)=O)OC(C)=S(=O)=O. The van der Waals surface area contributed by atoms with Crippen LogP contribution >= 0.6 is 0 Å². The van der Waals surface area contributed by atoms with Gasteiger partial charge >= 0.3 is 0 Å². The van der Waals surface area contributed by atoms with Gasteiger partial charge in [0, 0.05) is 13.8 Å². The summed E-state index contributed by atoms with van der Waals surface area (Å²) < 4.78 is 55.4. The van der Waals surface area contributed by atoms with Crippen LogP contribution in [0.5, 0.6) is 0 Å². The molecule has 9 heteroatoms. The van der Waals surface area contributed by atoms with Crippen LogP contribution in [0.4, 0.5) is 0 Å². The molecule has 0 unspecified atom stereocenters. The highest BCUT2D eigenvalue weighted by Crippen LogP contribution is 2.06. The van der Waals surface area contributed by atoms with Crippen LogP contribution in [-0.2, 0) is 34.8 Å². The zero-order chi connectivity index (χ0) is 13.6. The third-order valence-corrected chi connectivity index (χ3v) is 2.32. The average molecular weight is 282 g/mol. The molecule has 0 aromatic rings. The summed E-state index contributed by atoms with van der Waals surface area (Å²) in [7, 11) is -5.07. The van der Waals surface area contributed by atoms with Crippen LogP contribution in [0.3, 0.4) is 0 Å². The number of rotatable bonds is 4. The van der Waals surface area contributed by atoms with E-state index >= 15 is 0 Å². The van der Waals surface area contributed by atoms with Crippen molar-refractivity contribution in [2.45, 2.75) is 13.8 Å². The zero-order valence-electron chi connectivity index (χ0n) is 9.09. The second kappa shape index (κ2) is 6.76. The van der Waals surface area contributed by atoms with Crippen molar-refractivity contribution in [2.75, 3.05) is 0 Å². The summed E-state index contributed by atoms with van der Waals surface area (Å²) in [4.78, 5) is 0. The molecule has 0 saturated carbocycles. The van der Waals surface area contributed by atoms with Crippen LogP contribution in [0.25, 0.3) is 0 Å². The van der Waals surface area contributed by atoms with Gasteiger partial charge in [0.25, 0.3) is 32.5 Å². The molecule has 0 heterocycles. The molecule has 0 rings (SSSR count). The Balaban J connectivity index is 4.49. The van der Waals surface area contributed by atoms with Gasteiger partial charge < -0.3 is 14.2 Å². The van der Waals surface area contributed by atoms with E-state index in [0.29, 0.717) is 0 Å². The monoisotopic (exact) mass is 282 g/mol. The molecule has 17 heavy (non-hydrogen) atoms. The molecule has 0 aliphatic heterocycles. The fraction of sp³-hybridized carbons (Fsp3) is 0.250. The Bertz CT molecular complexity index is 522. The van der Waals surface area contributed by atoms with E-state index in [0.717, 1.165) is 0 Å². The first kappa shape index (κ1) is 15.3. The predicted molar refractivity (Wildman–Crippen MR) is 60.7 cm³/mol. The van der Waals surface area contributed by atoms with Crippen LogP contribution in [0.15, 0.2) is 25.0 Å². The summed E-state index contributed by atoms with van der Waals surface area (Å²) in [5.74, 6) is -0.831. The molecule has 0 radical (unpaired) electrons. The third kappa shape index (κ3) is 6.43. The molecule has 7 nitrogen and oxygen atoms in total. The highest BCUT2D eigenvalue weighted by atomic mass is 32.2. The number of hydrogen-bond acceptors (Lipinski definition) is 7. The van der Waals surface area contributed by atoms with Crippen molar-refractivity contribution in [3.8, 4) is 0 Å². The minimum atomic E-state index is -2.53. The molecule has 0 aromatic heterocycles. The molecular weight excluding hydrogens is 272 g/mol. The molecule has 96 valence electrons. The zero-order valence-corrected chi connectivity index (χ0v) is 10.7. The lowest BCUT2D eigenvalue weighted by Crippen LogP contribution is -2.07. The Labute approximate surface area is 101 Å². The molecule has 0 atom stereocenters. The quantitative estimate of drug-likeness (QED) is 0.530. The van der Waals surface area contributed by atoms with Crippen molar-refractivity contribution in [1.82, 2.24) is 0 Å². The molecule has 0 aliphatic carbocycles. The third-order valence-electron chi connectivity index (χ3n) is 1.21. The second-order valence-electron chi connectivity index (χ2n) is 2.50. The van der Waals surface area contributed by atoms with Crippen LogP contribution in [0.1, 0.15) is 13.8 Å². The van der Waals surface area contributed by atoms with Crippen molar-refractivity contribution in [1.29, 1.82) is 0 Å². The second-order valence-corrected chi connectivity index (χ2v) is 4.59. The average Bonchev–Trinajstić information content (AvgIpc) is 2.16. The normalized spacial score (nSPS) is 8.82. The topological polar surface area (TPSA) is 96.0 Å². The highest BCUT2D eigenvalue weighted by Gasteiger charge is 2.06. The van der Waals surface area contributed by atoms with E-state index < -0.39 is 32.5 Å². The summed E-state index contributed by atoms with van der Waals surface area (Å²) in [6.07, 6.45) is 0. The lowest BCUT2D eigenvalue weighted by molar-refractivity contribution is 0.0842. The van der Waals surface area contributed by atoms with E-state index in [-0.39, 0.29) is 10.1 Å². The van der Waals surface area contributed by atoms with Gasteiger partial charge in [-0.3, -0.25) is 0 Å². The molecule has 0 aliphatic rings. The van der Waals surface area contributed by atoms with Gasteiger partial charge in [0.1, 0.15) is 0 Å². The number of hydrogen-bond donors (Lipinski definition) is 0. The van der Waals surface area contributed by atoms with Crippen LogP contribution in [-0.4, -0.2) is 26.9 Å². The van der Waals surface area contributed by atoms with Crippen molar-refractivity contribution < 1.29 is 31.0 Å². The first-order valence-corrected chi connectivity index (χ1v) is 6.16. The fourth-order valence-electron chi connectivity index (χ4n) is 0.557. The Morgan fingerprint density at radius 2 is 1.06 bits per heavy atom. The Morgan fingerprint density at radius 1 is 0.765 bits per heavy atom. The Morgan fingerprint density at radius 3 is 1.29 bits per heavy atom. The largest absolute Gasteiger partial charge is 0.414 e. The van der Waals surface area contributed by atoms with Crippen molar-refractivity contribution in [3.63, 3.8) is 0 Å². The van der Waals surface area contributed by atoms with Crippen molar-refractivity contribution >= 4 is 30.7 Å². The minimum Gasteiger partial charge on any atom is -0.414 e. The van der Waals surface area contributed by atoms with Gasteiger partial charge in [-0.1, -0.05) is 0 Å². The summed E-state index contributed by atoms with van der Waals surface area (Å²) in [5, 5.41) is -0.730. The predicted octanol–water partition coefficient (Wildman–Crippen LogP) is 0.0364. The van der Waals surface area contributed by atoms with Gasteiger partial charge in [0.15, 0.2) is 0 Å². The summed E-state index contributed by atoms with van der Waals surface area (Å²) in [6.45, 7) is 8.80. The Hall–Kier alpha value is -1.74. The van der Waals surface area contributed by atoms with Gasteiger partial charge in [-0.05, 0) is 13.2 Å². The molecule has 0 amide bonds. The highest BCUT2D eigenvalue weighted by molar-refractivity contribution is 7.72. The van der Waals surface area contributed by atoms with E-state index in [2.05, 4.69) is 27.4 Å². The van der Waals surface area contributed by atoms with Gasteiger partial charge in [0.05, 0.1) is 0 Å². The van der Waals surface area contributed by atoms with Gasteiger partial charge in [-0.15, -0.1) is 0 Å². The molecule has 0 spiro atoms. The van der Waals surface area contributed by atoms with Gasteiger partial charge in [-0.25, -0.2) is 0 Å². The lowest BCUT2D eigenvalue weighted by Gasteiger charge is -2.09. The van der Waals surface area contributed by atoms with E-state index in [4.69, 9.17) is 0 Å². The summed E-state index contributed by atoms with van der Waals surface area (Å²) in [5.41, 5.74) is 0. The molecule has 0 fully saturated rings. The Kier molecular flexibility index (Phi) is 6.07. The van der Waals surface area contributed by atoms with Gasteiger partial charge in [0.2, 0.25) is 10.1 Å². The van der Waals surface area contributed by atoms with E-state index in [1.807, 2.05) is 0 Å². The molecular formula is C8H10O7S2. The van der Waals surface area contributed by atoms with Crippen molar-refractivity contribution in [3.05, 3.63) is 25.0 Å². The van der Waals surface area contributed by atoms with E-state index in [9.17, 15) is 16.8 Å². The lowest BCUT2D eigenvalue weighted by atomic mass is 10.8. The summed E-state index contributed by atoms with van der Waals surface area (Å²) in [6, 6.07) is 0. The fourth-order valence-corrected chi connectivity index (χ4v) is 0.879. The standard InChI is InChI=1S/C8H10O7S2/c1-5(14-7(3)16(9)10)13-6(2)15-8(4)17(11)12/h1-2H2,3-4H3. The first-order valence-electron chi connectivity index (χ1n) is 4.01. The van der Waals surface area contributed by atoms with Crippen LogP contribution < -0.4 is 0 Å². The van der Waals surface area contributed by atoms with Crippen LogP contribution in [0, 0.1) is 0 Å². The van der Waals surface area contributed by atoms with Crippen LogP contribution in [0.2, 0.25) is 0 Å². The summed E-state index contributed by atoms with van der Waals surface area (Å²) >= 11 is 0. The van der Waals surface area contributed by atoms with E-state index in [1.165, 1.54) is 13.8 Å². The maximum atomic E-state index is 10.4. The van der Waals surface area contributed by atoms with Gasteiger partial charge in [-0.2, -0.15) is 16.8 Å². The molecule has 0 bridgehead atoms. The maximum absolute atomic E-state index is 10.4. The maximum Gasteiger partial charge on any atom is 0.285 e. The number of ether oxygens (including phenoxy) is 3. The molecule has 0 N–H and O–H groups in total. The molecule has 0 saturated heterocycles. The molecule has 0 aromatic carbocycles. The van der Waals surface area contributed by atoms with Crippen molar-refractivity contribution in [2.24, 2.45) is 0 Å².